The molecule has 0 fully saturated rings. The van der Waals surface area contributed by atoms with Crippen LogP contribution in [0.5, 0.6) is 0 Å². The second-order valence-corrected chi connectivity index (χ2v) is 9.49. The lowest BCUT2D eigenvalue weighted by Crippen LogP contribution is -2.21. The lowest BCUT2D eigenvalue weighted by atomic mass is 10.0. The number of hydrogen-bond donors (Lipinski definition) is 2. The molecule has 176 valence electrons. The maximum atomic E-state index is 12.5. The molecule has 2 N–H and O–H groups in total. The van der Waals surface area contributed by atoms with Crippen LogP contribution in [0.1, 0.15) is 59.7 Å². The normalized spacial score (nSPS) is 12.3. The zero-order chi connectivity index (χ0) is 23.9. The van der Waals surface area contributed by atoms with E-state index >= 15 is 0 Å². The highest BCUT2D eigenvalue weighted by atomic mass is 32.1. The quantitative estimate of drug-likeness (QED) is 0.320. The van der Waals surface area contributed by atoms with Gasteiger partial charge in [-0.3, -0.25) is 14.4 Å². The summed E-state index contributed by atoms with van der Waals surface area (Å²) in [5.74, 6) is -0.209. The Labute approximate surface area is 203 Å². The molecule has 4 rings (SSSR count). The number of nitrogens with one attached hydrogen (secondary N) is 2. The van der Waals surface area contributed by atoms with E-state index < -0.39 is 0 Å². The van der Waals surface area contributed by atoms with Crippen LogP contribution in [0.25, 0.3) is 11.3 Å². The van der Waals surface area contributed by atoms with Gasteiger partial charge in [0.1, 0.15) is 0 Å². The fourth-order valence-electron chi connectivity index (χ4n) is 4.16. The summed E-state index contributed by atoms with van der Waals surface area (Å²) in [4.78, 5) is 40.3. The molecule has 1 aromatic heterocycles. The highest BCUT2D eigenvalue weighted by Gasteiger charge is 2.15. The highest BCUT2D eigenvalue weighted by molar-refractivity contribution is 7.14. The van der Waals surface area contributed by atoms with Gasteiger partial charge in [-0.25, -0.2) is 4.98 Å². The fraction of sp³-hybridized carbons (Fsp3) is 0.333. The van der Waals surface area contributed by atoms with Gasteiger partial charge in [0.05, 0.1) is 5.69 Å². The van der Waals surface area contributed by atoms with Gasteiger partial charge in [0.25, 0.3) is 0 Å². The molecule has 1 aliphatic carbocycles. The summed E-state index contributed by atoms with van der Waals surface area (Å²) < 4.78 is 0. The number of thiazole rings is 1. The molecular weight excluding hydrogens is 446 g/mol. The molecule has 1 aliphatic rings. The fourth-order valence-corrected chi connectivity index (χ4v) is 4.90. The number of fused-ring (bicyclic) bond motifs is 1. The summed E-state index contributed by atoms with van der Waals surface area (Å²) in [7, 11) is 0. The summed E-state index contributed by atoms with van der Waals surface area (Å²) in [6.45, 7) is 2.19. The number of ketones is 1. The summed E-state index contributed by atoms with van der Waals surface area (Å²) in [6, 6.07) is 14.1. The van der Waals surface area contributed by atoms with E-state index in [4.69, 9.17) is 0 Å². The smallest absolute Gasteiger partial charge is 0.226 e. The van der Waals surface area contributed by atoms with E-state index in [-0.39, 0.29) is 30.4 Å². The zero-order valence-corrected chi connectivity index (χ0v) is 20.2. The highest BCUT2D eigenvalue weighted by Crippen LogP contribution is 2.26. The number of Topliss-reactive ketones (excluding diaryl/α,β-unsaturated/α-hetero) is 1. The van der Waals surface area contributed by atoms with Crippen LogP contribution in [0.3, 0.4) is 0 Å². The van der Waals surface area contributed by atoms with Crippen LogP contribution < -0.4 is 10.6 Å². The van der Waals surface area contributed by atoms with Crippen LogP contribution in [0.2, 0.25) is 0 Å². The van der Waals surface area contributed by atoms with Crippen LogP contribution in [0, 0.1) is 0 Å². The van der Waals surface area contributed by atoms with Crippen molar-refractivity contribution in [1.29, 1.82) is 0 Å². The molecule has 34 heavy (non-hydrogen) atoms. The van der Waals surface area contributed by atoms with E-state index in [1.807, 2.05) is 35.7 Å². The molecule has 2 aromatic carbocycles. The van der Waals surface area contributed by atoms with Crippen LogP contribution in [-0.2, 0) is 28.9 Å². The summed E-state index contributed by atoms with van der Waals surface area (Å²) in [5.41, 5.74) is 6.29. The Morgan fingerprint density at radius 2 is 1.79 bits per heavy atom. The second-order valence-electron chi connectivity index (χ2n) is 8.63. The van der Waals surface area contributed by atoms with E-state index in [0.29, 0.717) is 17.2 Å². The van der Waals surface area contributed by atoms with Crippen molar-refractivity contribution in [2.75, 3.05) is 11.9 Å². The van der Waals surface area contributed by atoms with Crippen LogP contribution in [-0.4, -0.2) is 29.1 Å². The van der Waals surface area contributed by atoms with Gasteiger partial charge in [-0.2, -0.15) is 0 Å². The first-order valence-corrected chi connectivity index (χ1v) is 12.6. The van der Waals surface area contributed by atoms with Crippen LogP contribution >= 0.6 is 11.3 Å². The van der Waals surface area contributed by atoms with Gasteiger partial charge in [0.2, 0.25) is 11.8 Å². The second kappa shape index (κ2) is 11.2. The minimum atomic E-state index is -0.204. The van der Waals surface area contributed by atoms with Crippen molar-refractivity contribution < 1.29 is 14.4 Å². The van der Waals surface area contributed by atoms with Crippen LogP contribution in [0.4, 0.5) is 5.13 Å². The molecule has 7 heteroatoms. The average molecular weight is 476 g/mol. The SMILES string of the molecule is CC(=O)NCCCc1ccc(-c2csc(NC(=O)CCC(=O)c3ccc4c(c3)CCC4)n2)cc1. The summed E-state index contributed by atoms with van der Waals surface area (Å²) in [5, 5.41) is 8.07. The Kier molecular flexibility index (Phi) is 7.85. The van der Waals surface area contributed by atoms with Crippen molar-refractivity contribution in [2.45, 2.75) is 51.9 Å². The molecule has 0 radical (unpaired) electrons. The predicted octanol–water partition coefficient (Wildman–Crippen LogP) is 4.97. The van der Waals surface area contributed by atoms with E-state index in [1.54, 1.807) is 0 Å². The molecule has 0 bridgehead atoms. The number of benzene rings is 2. The topological polar surface area (TPSA) is 88.2 Å². The van der Waals surface area contributed by atoms with Gasteiger partial charge in [-0.05, 0) is 54.9 Å². The first-order chi connectivity index (χ1) is 16.5. The molecule has 3 aromatic rings. The molecule has 6 nitrogen and oxygen atoms in total. The van der Waals surface area contributed by atoms with Gasteiger partial charge in [0, 0.05) is 42.8 Å². The lowest BCUT2D eigenvalue weighted by molar-refractivity contribution is -0.119. The minimum absolute atomic E-state index is 0.00171. The predicted molar refractivity (Wildman–Crippen MR) is 135 cm³/mol. The van der Waals surface area contributed by atoms with Gasteiger partial charge < -0.3 is 10.6 Å². The molecule has 0 saturated heterocycles. The third-order valence-electron chi connectivity index (χ3n) is 6.02. The molecular formula is C27H29N3O3S. The number of hydrogen-bond acceptors (Lipinski definition) is 5. The number of carbonyl (C=O) groups excluding carboxylic acids is 3. The Balaban J connectivity index is 1.25. The third kappa shape index (κ3) is 6.38. The molecule has 0 spiro atoms. The van der Waals surface area contributed by atoms with Crippen LogP contribution in [0.15, 0.2) is 47.8 Å². The van der Waals surface area contributed by atoms with Gasteiger partial charge in [-0.1, -0.05) is 36.4 Å². The first kappa shape index (κ1) is 23.8. The Morgan fingerprint density at radius 3 is 2.59 bits per heavy atom. The minimum Gasteiger partial charge on any atom is -0.356 e. The molecule has 1 heterocycles. The van der Waals surface area contributed by atoms with E-state index in [9.17, 15) is 14.4 Å². The summed E-state index contributed by atoms with van der Waals surface area (Å²) in [6.07, 6.45) is 5.38. The number of nitrogens with zero attached hydrogens (tertiary/aromatic N) is 1. The number of carbonyl (C=O) groups is 3. The van der Waals surface area contributed by atoms with E-state index in [1.165, 1.54) is 35.0 Å². The van der Waals surface area contributed by atoms with Crippen molar-refractivity contribution >= 4 is 34.1 Å². The van der Waals surface area contributed by atoms with E-state index in [0.717, 1.165) is 43.4 Å². The van der Waals surface area contributed by atoms with Gasteiger partial charge >= 0.3 is 0 Å². The number of rotatable bonds is 10. The maximum Gasteiger partial charge on any atom is 0.226 e. The maximum absolute atomic E-state index is 12.5. The first-order valence-electron chi connectivity index (χ1n) is 11.7. The van der Waals surface area contributed by atoms with Crippen molar-refractivity contribution in [2.24, 2.45) is 0 Å². The number of aryl methyl sites for hydroxylation is 3. The number of amides is 2. The van der Waals surface area contributed by atoms with Crippen molar-refractivity contribution in [3.63, 3.8) is 0 Å². The summed E-state index contributed by atoms with van der Waals surface area (Å²) >= 11 is 1.37. The number of anilines is 1. The molecule has 0 atom stereocenters. The zero-order valence-electron chi connectivity index (χ0n) is 19.4. The molecule has 0 aliphatic heterocycles. The monoisotopic (exact) mass is 475 g/mol. The number of aromatic nitrogens is 1. The largest absolute Gasteiger partial charge is 0.356 e. The standard InChI is InChI=1S/C27H29N3O3S/c1-18(31)28-15-3-4-19-7-9-21(10-8-19)24-17-34-27(29-24)30-26(33)14-13-25(32)23-12-11-20-5-2-6-22(20)16-23/h7-12,16-17H,2-6,13-15H2,1H3,(H,28,31)(H,29,30,33). The molecule has 0 unspecified atom stereocenters. The van der Waals surface area contributed by atoms with Crippen molar-refractivity contribution in [1.82, 2.24) is 10.3 Å². The van der Waals surface area contributed by atoms with Crippen molar-refractivity contribution in [3.05, 3.63) is 70.1 Å². The molecule has 0 saturated carbocycles. The Bertz CT molecular complexity index is 1180. The van der Waals surface area contributed by atoms with Crippen molar-refractivity contribution in [3.8, 4) is 11.3 Å². The molecule has 2 amide bonds. The average Bonchev–Trinajstić information content (AvgIpc) is 3.49. The van der Waals surface area contributed by atoms with Gasteiger partial charge in [0.15, 0.2) is 10.9 Å². The lowest BCUT2D eigenvalue weighted by Gasteiger charge is -2.05. The third-order valence-corrected chi connectivity index (χ3v) is 6.77. The Morgan fingerprint density at radius 1 is 1.00 bits per heavy atom. The van der Waals surface area contributed by atoms with E-state index in [2.05, 4.69) is 27.8 Å². The Hall–Kier alpha value is -3.32. The van der Waals surface area contributed by atoms with Gasteiger partial charge in [-0.15, -0.1) is 11.3 Å².